The normalized spacial score (nSPS) is 22.5. The van der Waals surface area contributed by atoms with Crippen molar-refractivity contribution in [3.63, 3.8) is 0 Å². The Bertz CT molecular complexity index is 721. The maximum atomic E-state index is 12.1. The number of carboxylic acids is 1. The van der Waals surface area contributed by atoms with Crippen LogP contribution in [0.15, 0.2) is 23.0 Å². The molecule has 1 aromatic heterocycles. The number of carboxylic acid groups (broad SMARTS) is 1. The zero-order chi connectivity index (χ0) is 15.0. The summed E-state index contributed by atoms with van der Waals surface area (Å²) in [5, 5.41) is 9.01. The van der Waals surface area contributed by atoms with E-state index in [2.05, 4.69) is 11.9 Å². The molecule has 0 radical (unpaired) electrons. The molecule has 0 unspecified atom stereocenters. The van der Waals surface area contributed by atoms with Crippen molar-refractivity contribution in [2.24, 2.45) is 11.8 Å². The Kier molecular flexibility index (Phi) is 3.57. The highest BCUT2D eigenvalue weighted by Gasteiger charge is 2.20. The first-order valence-electron chi connectivity index (χ1n) is 7.50. The van der Waals surface area contributed by atoms with Gasteiger partial charge in [-0.2, -0.15) is 0 Å². The van der Waals surface area contributed by atoms with E-state index in [1.807, 2.05) is 0 Å². The molecule has 1 aromatic carbocycles. The SMILES string of the molecule is CC1CCC(Cn2c(=O)[nH]c3cc(C(=O)O)ccc32)CC1. The van der Waals surface area contributed by atoms with Gasteiger partial charge in [0.25, 0.3) is 0 Å². The van der Waals surface area contributed by atoms with Crippen molar-refractivity contribution in [3.8, 4) is 0 Å². The van der Waals surface area contributed by atoms with Crippen LogP contribution < -0.4 is 5.69 Å². The molecule has 3 rings (SSSR count). The van der Waals surface area contributed by atoms with Crippen LogP contribution in [0.4, 0.5) is 0 Å². The predicted molar refractivity (Wildman–Crippen MR) is 80.6 cm³/mol. The van der Waals surface area contributed by atoms with Gasteiger partial charge >= 0.3 is 11.7 Å². The Morgan fingerprint density at radius 3 is 2.71 bits per heavy atom. The van der Waals surface area contributed by atoms with E-state index in [0.29, 0.717) is 11.4 Å². The highest BCUT2D eigenvalue weighted by molar-refractivity contribution is 5.92. The first kappa shape index (κ1) is 13.9. The monoisotopic (exact) mass is 288 g/mol. The lowest BCUT2D eigenvalue weighted by atomic mass is 9.83. The minimum atomic E-state index is -0.980. The van der Waals surface area contributed by atoms with E-state index in [4.69, 9.17) is 5.11 Å². The van der Waals surface area contributed by atoms with Crippen molar-refractivity contribution in [3.05, 3.63) is 34.2 Å². The second kappa shape index (κ2) is 5.39. The molecule has 1 saturated carbocycles. The quantitative estimate of drug-likeness (QED) is 0.912. The molecule has 5 nitrogen and oxygen atoms in total. The molecule has 0 bridgehead atoms. The van der Waals surface area contributed by atoms with E-state index in [-0.39, 0.29) is 11.3 Å². The topological polar surface area (TPSA) is 75.1 Å². The Balaban J connectivity index is 1.90. The number of rotatable bonds is 3. The third kappa shape index (κ3) is 2.73. The summed E-state index contributed by atoms with van der Waals surface area (Å²) in [6.45, 7) is 3.00. The lowest BCUT2D eigenvalue weighted by molar-refractivity contribution is 0.0697. The van der Waals surface area contributed by atoms with Crippen LogP contribution in [0.5, 0.6) is 0 Å². The molecule has 1 heterocycles. The highest BCUT2D eigenvalue weighted by atomic mass is 16.4. The van der Waals surface area contributed by atoms with E-state index < -0.39 is 5.97 Å². The number of nitrogens with one attached hydrogen (secondary N) is 1. The number of H-pyrrole nitrogens is 1. The summed E-state index contributed by atoms with van der Waals surface area (Å²) in [5.41, 5.74) is 1.45. The minimum absolute atomic E-state index is 0.147. The molecule has 2 N–H and O–H groups in total. The second-order valence-corrected chi connectivity index (χ2v) is 6.20. The summed E-state index contributed by atoms with van der Waals surface area (Å²) in [4.78, 5) is 25.9. The Morgan fingerprint density at radius 2 is 2.05 bits per heavy atom. The number of nitrogens with zero attached hydrogens (tertiary/aromatic N) is 1. The van der Waals surface area contributed by atoms with Gasteiger partial charge in [0, 0.05) is 6.54 Å². The number of hydrogen-bond acceptors (Lipinski definition) is 2. The lowest BCUT2D eigenvalue weighted by Crippen LogP contribution is -2.24. The van der Waals surface area contributed by atoms with Gasteiger partial charge in [-0.15, -0.1) is 0 Å². The van der Waals surface area contributed by atoms with E-state index in [0.717, 1.165) is 30.8 Å². The number of fused-ring (bicyclic) bond motifs is 1. The fourth-order valence-corrected chi connectivity index (χ4v) is 3.25. The molecule has 5 heteroatoms. The average Bonchev–Trinajstić information content (AvgIpc) is 2.76. The standard InChI is InChI=1S/C16H20N2O3/c1-10-2-4-11(5-3-10)9-18-14-7-6-12(15(19)20)8-13(14)17-16(18)21/h6-8,10-11H,2-5,9H2,1H3,(H,17,21)(H,19,20). The van der Waals surface area contributed by atoms with Gasteiger partial charge in [0.2, 0.25) is 0 Å². The summed E-state index contributed by atoms with van der Waals surface area (Å²) in [6.07, 6.45) is 4.77. The molecule has 2 aromatic rings. The van der Waals surface area contributed by atoms with Gasteiger partial charge in [0.1, 0.15) is 0 Å². The van der Waals surface area contributed by atoms with Crippen LogP contribution in [0, 0.1) is 11.8 Å². The van der Waals surface area contributed by atoms with Crippen molar-refractivity contribution in [2.45, 2.75) is 39.2 Å². The summed E-state index contributed by atoms with van der Waals surface area (Å²) >= 11 is 0. The largest absolute Gasteiger partial charge is 0.478 e. The summed E-state index contributed by atoms with van der Waals surface area (Å²) in [6, 6.07) is 4.80. The zero-order valence-electron chi connectivity index (χ0n) is 12.1. The van der Waals surface area contributed by atoms with E-state index in [1.165, 1.54) is 18.9 Å². The predicted octanol–water partition coefficient (Wildman–Crippen LogP) is 2.85. The Hall–Kier alpha value is -2.04. The van der Waals surface area contributed by atoms with E-state index >= 15 is 0 Å². The highest BCUT2D eigenvalue weighted by Crippen LogP contribution is 2.29. The molecule has 0 aliphatic heterocycles. The molecular weight excluding hydrogens is 268 g/mol. The molecule has 0 amide bonds. The first-order valence-corrected chi connectivity index (χ1v) is 7.50. The Morgan fingerprint density at radius 1 is 1.33 bits per heavy atom. The number of hydrogen-bond donors (Lipinski definition) is 2. The van der Waals surface area contributed by atoms with Gasteiger partial charge in [-0.25, -0.2) is 9.59 Å². The molecule has 21 heavy (non-hydrogen) atoms. The molecule has 1 aliphatic rings. The second-order valence-electron chi connectivity index (χ2n) is 6.20. The summed E-state index contributed by atoms with van der Waals surface area (Å²) < 4.78 is 1.75. The van der Waals surface area contributed by atoms with Crippen LogP contribution in [0.2, 0.25) is 0 Å². The van der Waals surface area contributed by atoms with E-state index in [9.17, 15) is 9.59 Å². The third-order valence-corrected chi connectivity index (χ3v) is 4.60. The summed E-state index contributed by atoms with van der Waals surface area (Å²) in [7, 11) is 0. The van der Waals surface area contributed by atoms with Crippen molar-refractivity contribution in [2.75, 3.05) is 0 Å². The first-order chi connectivity index (χ1) is 10.0. The fraction of sp³-hybridized carbons (Fsp3) is 0.500. The number of imidazole rings is 1. The van der Waals surface area contributed by atoms with Gasteiger partial charge in [-0.3, -0.25) is 4.57 Å². The van der Waals surface area contributed by atoms with Crippen molar-refractivity contribution >= 4 is 17.0 Å². The molecule has 0 atom stereocenters. The van der Waals surface area contributed by atoms with Crippen LogP contribution in [0.25, 0.3) is 11.0 Å². The van der Waals surface area contributed by atoms with Gasteiger partial charge in [-0.05, 0) is 42.9 Å². The molecule has 1 aliphatic carbocycles. The van der Waals surface area contributed by atoms with Crippen LogP contribution in [-0.2, 0) is 6.54 Å². The van der Waals surface area contributed by atoms with Crippen molar-refractivity contribution < 1.29 is 9.90 Å². The minimum Gasteiger partial charge on any atom is -0.478 e. The smallest absolute Gasteiger partial charge is 0.335 e. The number of aromatic amines is 1. The van der Waals surface area contributed by atoms with E-state index in [1.54, 1.807) is 16.7 Å². The Labute approximate surface area is 122 Å². The molecule has 0 saturated heterocycles. The van der Waals surface area contributed by atoms with Gasteiger partial charge in [-0.1, -0.05) is 19.8 Å². The molecule has 1 fully saturated rings. The summed E-state index contributed by atoms with van der Waals surface area (Å²) in [5.74, 6) is 0.350. The number of benzene rings is 1. The zero-order valence-corrected chi connectivity index (χ0v) is 12.1. The lowest BCUT2D eigenvalue weighted by Gasteiger charge is -2.26. The fourth-order valence-electron chi connectivity index (χ4n) is 3.25. The number of carbonyl (C=O) groups is 1. The maximum Gasteiger partial charge on any atom is 0.335 e. The molecule has 0 spiro atoms. The van der Waals surface area contributed by atoms with Gasteiger partial charge in [0.05, 0.1) is 16.6 Å². The van der Waals surface area contributed by atoms with Crippen LogP contribution in [0.1, 0.15) is 43.0 Å². The number of aromatic nitrogens is 2. The molecular formula is C16H20N2O3. The third-order valence-electron chi connectivity index (χ3n) is 4.60. The van der Waals surface area contributed by atoms with Crippen LogP contribution in [0.3, 0.4) is 0 Å². The van der Waals surface area contributed by atoms with Crippen molar-refractivity contribution in [1.29, 1.82) is 0 Å². The maximum absolute atomic E-state index is 12.1. The van der Waals surface area contributed by atoms with Crippen LogP contribution in [-0.4, -0.2) is 20.6 Å². The average molecular weight is 288 g/mol. The number of aromatic carboxylic acids is 1. The van der Waals surface area contributed by atoms with Gasteiger partial charge in [0.15, 0.2) is 0 Å². The van der Waals surface area contributed by atoms with Gasteiger partial charge < -0.3 is 10.1 Å². The van der Waals surface area contributed by atoms with Crippen molar-refractivity contribution in [1.82, 2.24) is 9.55 Å². The molecule has 112 valence electrons. The van der Waals surface area contributed by atoms with Crippen LogP contribution >= 0.6 is 0 Å².